The van der Waals surface area contributed by atoms with Crippen LogP contribution in [0.1, 0.15) is 25.6 Å². The van der Waals surface area contributed by atoms with Crippen molar-refractivity contribution >= 4 is 23.4 Å². The first-order chi connectivity index (χ1) is 12.2. The number of nitrogens with one attached hydrogen (secondary N) is 1. The van der Waals surface area contributed by atoms with Gasteiger partial charge in [-0.25, -0.2) is 9.59 Å². The van der Waals surface area contributed by atoms with Crippen LogP contribution in [-0.4, -0.2) is 35.9 Å². The third-order valence-electron chi connectivity index (χ3n) is 3.43. The fraction of sp³-hybridized carbons (Fsp3) is 0.368. The first-order valence-electron chi connectivity index (χ1n) is 8.14. The van der Waals surface area contributed by atoms with E-state index in [0.717, 1.165) is 21.1 Å². The first-order valence-corrected chi connectivity index (χ1v) is 8.95. The van der Waals surface area contributed by atoms with Crippen LogP contribution in [0.4, 0.5) is 4.79 Å². The molecule has 0 saturated heterocycles. The molecule has 140 valence electrons. The van der Waals surface area contributed by atoms with Gasteiger partial charge in [0.25, 0.3) is 0 Å². The zero-order valence-corrected chi connectivity index (χ0v) is 16.1. The summed E-state index contributed by atoms with van der Waals surface area (Å²) in [5.74, 6) is -0.356. The number of alkyl carbamates (subject to hydrolysis) is 1. The van der Waals surface area contributed by atoms with Crippen LogP contribution in [0.5, 0.6) is 5.75 Å². The van der Waals surface area contributed by atoms with Crippen molar-refractivity contribution in [3.05, 3.63) is 41.3 Å². The molecule has 0 aliphatic rings. The maximum absolute atomic E-state index is 11.9. The summed E-state index contributed by atoms with van der Waals surface area (Å²) in [5, 5.41) is 11.8. The lowest BCUT2D eigenvalue weighted by molar-refractivity contribution is -0.139. The fourth-order valence-corrected chi connectivity index (χ4v) is 3.41. The molecule has 2 aromatic rings. The van der Waals surface area contributed by atoms with Gasteiger partial charge in [0, 0.05) is 21.7 Å². The maximum atomic E-state index is 11.9. The maximum Gasteiger partial charge on any atom is 0.408 e. The number of ether oxygens (including phenoxy) is 2. The largest absolute Gasteiger partial charge is 0.496 e. The Morgan fingerprint density at radius 2 is 1.88 bits per heavy atom. The van der Waals surface area contributed by atoms with Gasteiger partial charge in [0.15, 0.2) is 0 Å². The van der Waals surface area contributed by atoms with Crippen LogP contribution in [0.3, 0.4) is 0 Å². The van der Waals surface area contributed by atoms with Crippen LogP contribution in [0.15, 0.2) is 36.4 Å². The van der Waals surface area contributed by atoms with Crippen molar-refractivity contribution in [2.45, 2.75) is 38.8 Å². The average molecular weight is 377 g/mol. The van der Waals surface area contributed by atoms with Gasteiger partial charge in [-0.2, -0.15) is 0 Å². The number of carboxylic acids is 1. The molecule has 0 radical (unpaired) electrons. The minimum atomic E-state index is -1.11. The molecule has 26 heavy (non-hydrogen) atoms. The number of thiophene rings is 1. The van der Waals surface area contributed by atoms with E-state index in [0.29, 0.717) is 0 Å². The van der Waals surface area contributed by atoms with Crippen molar-refractivity contribution < 1.29 is 24.2 Å². The highest BCUT2D eigenvalue weighted by Gasteiger charge is 2.25. The Labute approximate surface area is 156 Å². The molecule has 0 spiro atoms. The Kier molecular flexibility index (Phi) is 6.26. The standard InChI is InChI=1S/C19H23NO5S/c1-19(2,3)25-18(23)20-14(17(21)22)11-12-9-10-16(26-12)13-7-5-6-8-15(13)24-4/h5-10,14H,11H2,1-4H3,(H,20,23)(H,21,22). The number of benzene rings is 1. The monoisotopic (exact) mass is 377 g/mol. The van der Waals surface area contributed by atoms with E-state index < -0.39 is 23.7 Å². The number of methoxy groups -OCH3 is 1. The van der Waals surface area contributed by atoms with E-state index in [4.69, 9.17) is 9.47 Å². The molecule has 0 aliphatic carbocycles. The van der Waals surface area contributed by atoms with Gasteiger partial charge >= 0.3 is 12.1 Å². The summed E-state index contributed by atoms with van der Waals surface area (Å²) in [4.78, 5) is 25.2. The van der Waals surface area contributed by atoms with E-state index in [1.807, 2.05) is 36.4 Å². The minimum absolute atomic E-state index is 0.175. The van der Waals surface area contributed by atoms with Crippen LogP contribution >= 0.6 is 11.3 Å². The van der Waals surface area contributed by atoms with Crippen molar-refractivity contribution in [1.82, 2.24) is 5.32 Å². The smallest absolute Gasteiger partial charge is 0.408 e. The van der Waals surface area contributed by atoms with Gasteiger partial charge in [-0.15, -0.1) is 11.3 Å². The van der Waals surface area contributed by atoms with Crippen molar-refractivity contribution in [1.29, 1.82) is 0 Å². The summed E-state index contributed by atoms with van der Waals surface area (Å²) in [6.07, 6.45) is -0.569. The molecule has 2 rings (SSSR count). The second kappa shape index (κ2) is 8.23. The highest BCUT2D eigenvalue weighted by Crippen LogP contribution is 2.35. The predicted octanol–water partition coefficient (Wildman–Crippen LogP) is 3.94. The van der Waals surface area contributed by atoms with Crippen molar-refractivity contribution in [2.75, 3.05) is 7.11 Å². The Morgan fingerprint density at radius 3 is 2.50 bits per heavy atom. The molecule has 0 aliphatic heterocycles. The number of hydrogen-bond acceptors (Lipinski definition) is 5. The molecule has 1 aromatic heterocycles. The van der Waals surface area contributed by atoms with Gasteiger partial charge in [-0.3, -0.25) is 0 Å². The quantitative estimate of drug-likeness (QED) is 0.796. The van der Waals surface area contributed by atoms with Crippen LogP contribution in [0.2, 0.25) is 0 Å². The molecule has 0 bridgehead atoms. The van der Waals surface area contributed by atoms with Gasteiger partial charge in [0.2, 0.25) is 0 Å². The molecule has 1 amide bonds. The molecular formula is C19H23NO5S. The zero-order chi connectivity index (χ0) is 19.3. The molecular weight excluding hydrogens is 354 g/mol. The van der Waals surface area contributed by atoms with E-state index in [1.165, 1.54) is 11.3 Å². The van der Waals surface area contributed by atoms with Crippen molar-refractivity contribution in [2.24, 2.45) is 0 Å². The highest BCUT2D eigenvalue weighted by atomic mass is 32.1. The highest BCUT2D eigenvalue weighted by molar-refractivity contribution is 7.15. The van der Waals surface area contributed by atoms with E-state index in [9.17, 15) is 14.7 Å². The third-order valence-corrected chi connectivity index (χ3v) is 4.57. The van der Waals surface area contributed by atoms with Crippen molar-refractivity contribution in [3.63, 3.8) is 0 Å². The van der Waals surface area contributed by atoms with Crippen LogP contribution in [-0.2, 0) is 16.0 Å². The molecule has 1 heterocycles. The zero-order valence-electron chi connectivity index (χ0n) is 15.2. The SMILES string of the molecule is COc1ccccc1-c1ccc(CC(NC(=O)OC(C)(C)C)C(=O)O)s1. The average Bonchev–Trinajstić information content (AvgIpc) is 3.00. The molecule has 7 heteroatoms. The van der Waals surface area contributed by atoms with Gasteiger partial charge in [-0.1, -0.05) is 12.1 Å². The fourth-order valence-electron chi connectivity index (χ4n) is 2.33. The number of aliphatic carboxylic acids is 1. The summed E-state index contributed by atoms with van der Waals surface area (Å²) < 4.78 is 10.5. The van der Waals surface area contributed by atoms with Crippen LogP contribution < -0.4 is 10.1 Å². The molecule has 1 aromatic carbocycles. The first kappa shape index (κ1) is 19.8. The van der Waals surface area contributed by atoms with E-state index >= 15 is 0 Å². The lowest BCUT2D eigenvalue weighted by atomic mass is 10.1. The summed E-state index contributed by atoms with van der Waals surface area (Å²) >= 11 is 1.47. The number of rotatable bonds is 6. The van der Waals surface area contributed by atoms with E-state index in [1.54, 1.807) is 27.9 Å². The third kappa shape index (κ3) is 5.49. The topological polar surface area (TPSA) is 84.9 Å². The Morgan fingerprint density at radius 1 is 1.19 bits per heavy atom. The van der Waals surface area contributed by atoms with Crippen molar-refractivity contribution in [3.8, 4) is 16.2 Å². The molecule has 6 nitrogen and oxygen atoms in total. The number of carbonyl (C=O) groups excluding carboxylic acids is 1. The molecule has 0 saturated carbocycles. The number of para-hydroxylation sites is 1. The molecule has 0 fully saturated rings. The number of carbonyl (C=O) groups is 2. The minimum Gasteiger partial charge on any atom is -0.496 e. The Balaban J connectivity index is 2.12. The number of hydrogen-bond donors (Lipinski definition) is 2. The lowest BCUT2D eigenvalue weighted by Crippen LogP contribution is -2.44. The molecule has 2 N–H and O–H groups in total. The lowest BCUT2D eigenvalue weighted by Gasteiger charge is -2.21. The van der Waals surface area contributed by atoms with Gasteiger partial charge in [0.05, 0.1) is 7.11 Å². The summed E-state index contributed by atoms with van der Waals surface area (Å²) in [6, 6.07) is 10.3. The number of amides is 1. The summed E-state index contributed by atoms with van der Waals surface area (Å²) in [7, 11) is 1.61. The molecule has 1 atom stereocenters. The van der Waals surface area contributed by atoms with Gasteiger partial charge in [0.1, 0.15) is 17.4 Å². The van der Waals surface area contributed by atoms with E-state index in [-0.39, 0.29) is 6.42 Å². The summed E-state index contributed by atoms with van der Waals surface area (Å²) in [5.41, 5.74) is 0.255. The Hall–Kier alpha value is -2.54. The Bertz CT molecular complexity index is 778. The normalized spacial score (nSPS) is 12.3. The van der Waals surface area contributed by atoms with Gasteiger partial charge in [-0.05, 0) is 45.0 Å². The van der Waals surface area contributed by atoms with Crippen LogP contribution in [0, 0.1) is 0 Å². The number of carboxylic acid groups (broad SMARTS) is 1. The molecule has 1 unspecified atom stereocenters. The second-order valence-corrected chi connectivity index (χ2v) is 7.88. The van der Waals surface area contributed by atoms with Crippen LogP contribution in [0.25, 0.3) is 10.4 Å². The van der Waals surface area contributed by atoms with Gasteiger partial charge < -0.3 is 19.9 Å². The predicted molar refractivity (Wildman–Crippen MR) is 101 cm³/mol. The van der Waals surface area contributed by atoms with E-state index in [2.05, 4.69) is 5.32 Å². The summed E-state index contributed by atoms with van der Waals surface area (Å²) in [6.45, 7) is 5.17. The second-order valence-electron chi connectivity index (χ2n) is 6.71.